The molecule has 8 nitrogen and oxygen atoms in total. The second kappa shape index (κ2) is 7.59. The number of nitro benzene ring substituents is 1. The zero-order valence-corrected chi connectivity index (χ0v) is 14.3. The van der Waals surface area contributed by atoms with E-state index in [1.165, 1.54) is 19.2 Å². The Labute approximate surface area is 140 Å². The summed E-state index contributed by atoms with van der Waals surface area (Å²) in [5, 5.41) is 13.9. The smallest absolute Gasteiger partial charge is 0.296 e. The second-order valence-electron chi connectivity index (χ2n) is 6.02. The lowest BCUT2D eigenvalue weighted by molar-refractivity contribution is -0.384. The van der Waals surface area contributed by atoms with Gasteiger partial charge in [0, 0.05) is 13.1 Å². The summed E-state index contributed by atoms with van der Waals surface area (Å²) in [6.45, 7) is 6.99. The number of hydrogen-bond acceptors (Lipinski definition) is 6. The molecule has 3 atom stereocenters. The molecule has 1 aliphatic heterocycles. The van der Waals surface area contributed by atoms with E-state index in [1.54, 1.807) is 13.0 Å². The number of morpholine rings is 1. The number of nitrogens with zero attached hydrogens (tertiary/aromatic N) is 2. The minimum Gasteiger partial charge on any atom is -0.496 e. The molecule has 0 spiro atoms. The van der Waals surface area contributed by atoms with E-state index in [0.29, 0.717) is 18.8 Å². The van der Waals surface area contributed by atoms with Gasteiger partial charge in [0.15, 0.2) is 0 Å². The molecule has 0 unspecified atom stereocenters. The summed E-state index contributed by atoms with van der Waals surface area (Å²) in [5.41, 5.74) is -0.0365. The van der Waals surface area contributed by atoms with Crippen molar-refractivity contribution >= 4 is 17.3 Å². The molecule has 24 heavy (non-hydrogen) atoms. The molecule has 2 rings (SSSR count). The number of ether oxygens (including phenoxy) is 2. The van der Waals surface area contributed by atoms with Gasteiger partial charge in [-0.1, -0.05) is 0 Å². The van der Waals surface area contributed by atoms with Crippen LogP contribution in [-0.4, -0.2) is 54.2 Å². The van der Waals surface area contributed by atoms with E-state index in [0.717, 1.165) is 0 Å². The number of anilines is 1. The van der Waals surface area contributed by atoms with Crippen molar-refractivity contribution in [3.63, 3.8) is 0 Å². The molecule has 0 radical (unpaired) electrons. The van der Waals surface area contributed by atoms with Crippen LogP contribution in [0.15, 0.2) is 18.2 Å². The number of carbonyl (C=O) groups excluding carboxylic acids is 1. The highest BCUT2D eigenvalue weighted by molar-refractivity contribution is 5.96. The Morgan fingerprint density at radius 1 is 1.42 bits per heavy atom. The van der Waals surface area contributed by atoms with Gasteiger partial charge in [-0.25, -0.2) is 0 Å². The van der Waals surface area contributed by atoms with E-state index in [1.807, 2.05) is 18.7 Å². The highest BCUT2D eigenvalue weighted by atomic mass is 16.6. The third kappa shape index (κ3) is 4.21. The van der Waals surface area contributed by atoms with Crippen LogP contribution in [0.1, 0.15) is 20.8 Å². The molecule has 1 fully saturated rings. The van der Waals surface area contributed by atoms with Crippen molar-refractivity contribution in [3.8, 4) is 5.75 Å². The molecular weight excluding hydrogens is 314 g/mol. The van der Waals surface area contributed by atoms with Gasteiger partial charge >= 0.3 is 0 Å². The van der Waals surface area contributed by atoms with Crippen molar-refractivity contribution in [2.24, 2.45) is 0 Å². The van der Waals surface area contributed by atoms with Crippen LogP contribution < -0.4 is 10.1 Å². The monoisotopic (exact) mass is 337 g/mol. The van der Waals surface area contributed by atoms with Crippen molar-refractivity contribution in [1.82, 2.24) is 4.90 Å². The Morgan fingerprint density at radius 2 is 2.04 bits per heavy atom. The summed E-state index contributed by atoms with van der Waals surface area (Å²) in [4.78, 5) is 25.2. The molecule has 0 saturated carbocycles. The molecule has 8 heteroatoms. The van der Waals surface area contributed by atoms with Crippen LogP contribution in [0.4, 0.5) is 11.4 Å². The lowest BCUT2D eigenvalue weighted by Gasteiger charge is -2.38. The quantitative estimate of drug-likeness (QED) is 0.653. The fourth-order valence-electron chi connectivity index (χ4n) is 2.83. The molecule has 1 aromatic carbocycles. The van der Waals surface area contributed by atoms with Gasteiger partial charge < -0.3 is 14.8 Å². The molecule has 0 aliphatic carbocycles. The molecule has 1 aromatic rings. The Bertz CT molecular complexity index is 612. The van der Waals surface area contributed by atoms with Crippen LogP contribution in [0.2, 0.25) is 0 Å². The van der Waals surface area contributed by atoms with Crippen LogP contribution in [0.25, 0.3) is 0 Å². The number of methoxy groups -OCH3 is 1. The van der Waals surface area contributed by atoms with Crippen LogP contribution in [0, 0.1) is 10.1 Å². The van der Waals surface area contributed by atoms with E-state index in [4.69, 9.17) is 9.47 Å². The lowest BCUT2D eigenvalue weighted by atomic mass is 10.1. The topological polar surface area (TPSA) is 93.9 Å². The first-order valence-electron chi connectivity index (χ1n) is 7.84. The number of rotatable bonds is 5. The SMILES string of the molecule is COc1ccc(NC(=O)[C@H](C)N2C[C@H](C)O[C@@H](C)C2)c([N+](=O)[O-])c1. The molecule has 1 saturated heterocycles. The average Bonchev–Trinajstić information content (AvgIpc) is 2.53. The fourth-order valence-corrected chi connectivity index (χ4v) is 2.83. The first kappa shape index (κ1) is 18.2. The predicted octanol–water partition coefficient (Wildman–Crippen LogP) is 2.04. The maximum Gasteiger partial charge on any atom is 0.296 e. The lowest BCUT2D eigenvalue weighted by Crippen LogP contribution is -2.52. The van der Waals surface area contributed by atoms with Crippen molar-refractivity contribution < 1.29 is 19.2 Å². The van der Waals surface area contributed by atoms with Gasteiger partial charge in [-0.2, -0.15) is 0 Å². The first-order valence-corrected chi connectivity index (χ1v) is 7.84. The van der Waals surface area contributed by atoms with Gasteiger partial charge in [-0.3, -0.25) is 19.8 Å². The molecule has 1 amide bonds. The highest BCUT2D eigenvalue weighted by Gasteiger charge is 2.30. The minimum absolute atomic E-state index is 0.0410. The zero-order valence-electron chi connectivity index (χ0n) is 14.3. The van der Waals surface area contributed by atoms with Gasteiger partial charge in [0.1, 0.15) is 11.4 Å². The normalized spacial score (nSPS) is 22.7. The summed E-state index contributed by atoms with van der Waals surface area (Å²) in [7, 11) is 1.43. The summed E-state index contributed by atoms with van der Waals surface area (Å²) >= 11 is 0. The van der Waals surface area contributed by atoms with Gasteiger partial charge in [0.05, 0.1) is 36.3 Å². The zero-order chi connectivity index (χ0) is 17.9. The van der Waals surface area contributed by atoms with Crippen LogP contribution in [0.5, 0.6) is 5.75 Å². The summed E-state index contributed by atoms with van der Waals surface area (Å²) in [6.07, 6.45) is 0.0821. The molecule has 1 heterocycles. The third-order valence-corrected chi connectivity index (χ3v) is 4.03. The van der Waals surface area contributed by atoms with Crippen LogP contribution in [0.3, 0.4) is 0 Å². The van der Waals surface area contributed by atoms with Crippen molar-refractivity contribution in [3.05, 3.63) is 28.3 Å². The first-order chi connectivity index (χ1) is 11.3. The Morgan fingerprint density at radius 3 is 2.58 bits per heavy atom. The number of carbonyl (C=O) groups is 1. The van der Waals surface area contributed by atoms with Crippen LogP contribution >= 0.6 is 0 Å². The van der Waals surface area contributed by atoms with Gasteiger partial charge in [0.25, 0.3) is 5.69 Å². The van der Waals surface area contributed by atoms with E-state index in [9.17, 15) is 14.9 Å². The number of nitro groups is 1. The third-order valence-electron chi connectivity index (χ3n) is 4.03. The van der Waals surface area contributed by atoms with Crippen molar-refractivity contribution in [2.75, 3.05) is 25.5 Å². The molecule has 132 valence electrons. The Kier molecular flexibility index (Phi) is 5.74. The predicted molar refractivity (Wildman–Crippen MR) is 89.3 cm³/mol. The number of amides is 1. The number of hydrogen-bond donors (Lipinski definition) is 1. The van der Waals surface area contributed by atoms with E-state index >= 15 is 0 Å². The summed E-state index contributed by atoms with van der Waals surface area (Å²) in [5.74, 6) is 0.0770. The highest BCUT2D eigenvalue weighted by Crippen LogP contribution is 2.29. The largest absolute Gasteiger partial charge is 0.496 e. The maximum absolute atomic E-state index is 12.5. The molecule has 1 N–H and O–H groups in total. The van der Waals surface area contributed by atoms with Crippen molar-refractivity contribution in [2.45, 2.75) is 39.0 Å². The molecule has 0 aromatic heterocycles. The van der Waals surface area contributed by atoms with Crippen molar-refractivity contribution in [1.29, 1.82) is 0 Å². The molecule has 0 bridgehead atoms. The van der Waals surface area contributed by atoms with Gasteiger partial charge in [-0.15, -0.1) is 0 Å². The van der Waals surface area contributed by atoms with Crippen LogP contribution in [-0.2, 0) is 9.53 Å². The number of nitrogens with one attached hydrogen (secondary N) is 1. The Hall–Kier alpha value is -2.19. The summed E-state index contributed by atoms with van der Waals surface area (Å²) in [6, 6.07) is 3.93. The van der Waals surface area contributed by atoms with Gasteiger partial charge in [0.2, 0.25) is 5.91 Å². The molecule has 1 aliphatic rings. The molecular formula is C16H23N3O5. The van der Waals surface area contributed by atoms with E-state index in [2.05, 4.69) is 5.32 Å². The Balaban J connectivity index is 2.12. The number of benzene rings is 1. The average molecular weight is 337 g/mol. The minimum atomic E-state index is -0.540. The second-order valence-corrected chi connectivity index (χ2v) is 6.02. The van der Waals surface area contributed by atoms with Gasteiger partial charge in [-0.05, 0) is 32.9 Å². The van der Waals surface area contributed by atoms with E-state index < -0.39 is 11.0 Å². The van der Waals surface area contributed by atoms with E-state index in [-0.39, 0.29) is 29.5 Å². The standard InChI is InChI=1S/C16H23N3O5/c1-10-8-18(9-11(2)24-10)12(3)16(20)17-14-6-5-13(23-4)7-15(14)19(21)22/h5-7,10-12H,8-9H2,1-4H3,(H,17,20)/t10-,11-,12-/m0/s1. The summed E-state index contributed by atoms with van der Waals surface area (Å²) < 4.78 is 10.7. The maximum atomic E-state index is 12.5. The fraction of sp³-hybridized carbons (Fsp3) is 0.562.